The van der Waals surface area contributed by atoms with E-state index < -0.39 is 10.8 Å². The number of nitro groups is 1. The molecule has 7 nitrogen and oxygen atoms in total. The molecule has 0 saturated heterocycles. The van der Waals surface area contributed by atoms with E-state index in [2.05, 4.69) is 5.32 Å². The Morgan fingerprint density at radius 2 is 1.96 bits per heavy atom. The third-order valence-electron chi connectivity index (χ3n) is 5.04. The molecule has 1 amide bonds. The van der Waals surface area contributed by atoms with Gasteiger partial charge in [-0.3, -0.25) is 19.7 Å². The van der Waals surface area contributed by atoms with Crippen LogP contribution >= 0.6 is 0 Å². The second-order valence-electron chi connectivity index (χ2n) is 6.65. The average molecular weight is 332 g/mol. The van der Waals surface area contributed by atoms with Crippen LogP contribution in [0.15, 0.2) is 24.3 Å². The van der Waals surface area contributed by atoms with Gasteiger partial charge >= 0.3 is 5.97 Å². The second kappa shape index (κ2) is 6.98. The minimum atomic E-state index is -0.511. The number of amides is 1. The molecule has 2 aliphatic rings. The first-order valence-corrected chi connectivity index (χ1v) is 8.21. The van der Waals surface area contributed by atoms with E-state index in [1.165, 1.54) is 43.5 Å². The first kappa shape index (κ1) is 16.4. The zero-order valence-corrected chi connectivity index (χ0v) is 13.3. The van der Waals surface area contributed by atoms with Crippen LogP contribution in [0.2, 0.25) is 0 Å². The van der Waals surface area contributed by atoms with Gasteiger partial charge in [-0.25, -0.2) is 0 Å². The van der Waals surface area contributed by atoms with Crippen LogP contribution < -0.4 is 5.32 Å². The summed E-state index contributed by atoms with van der Waals surface area (Å²) in [6.45, 7) is -0.337. The maximum Gasteiger partial charge on any atom is 0.306 e. The Hall–Kier alpha value is -2.44. The van der Waals surface area contributed by atoms with Gasteiger partial charge in [-0.2, -0.15) is 0 Å². The molecule has 2 saturated carbocycles. The summed E-state index contributed by atoms with van der Waals surface area (Å²) in [6.07, 6.45) is 5.23. The van der Waals surface area contributed by atoms with Gasteiger partial charge in [0.15, 0.2) is 6.61 Å². The molecular weight excluding hydrogens is 312 g/mol. The monoisotopic (exact) mass is 332 g/mol. The summed E-state index contributed by atoms with van der Waals surface area (Å²) < 4.78 is 5.05. The maximum absolute atomic E-state index is 11.9. The highest BCUT2D eigenvalue weighted by Crippen LogP contribution is 2.49. The number of fused-ring (bicyclic) bond motifs is 2. The number of hydrogen-bond donors (Lipinski definition) is 1. The van der Waals surface area contributed by atoms with Crippen molar-refractivity contribution < 1.29 is 19.2 Å². The van der Waals surface area contributed by atoms with E-state index in [1.807, 2.05) is 0 Å². The van der Waals surface area contributed by atoms with Gasteiger partial charge in [-0.1, -0.05) is 6.42 Å². The molecule has 2 bridgehead atoms. The Bertz CT molecular complexity index is 643. The van der Waals surface area contributed by atoms with Crippen molar-refractivity contribution in [1.82, 2.24) is 0 Å². The first-order valence-electron chi connectivity index (χ1n) is 8.21. The van der Waals surface area contributed by atoms with E-state index in [9.17, 15) is 19.7 Å². The molecule has 0 heterocycles. The minimum absolute atomic E-state index is 0.0507. The number of ether oxygens (including phenoxy) is 1. The highest BCUT2D eigenvalue weighted by atomic mass is 16.6. The lowest BCUT2D eigenvalue weighted by atomic mass is 9.86. The van der Waals surface area contributed by atoms with Gasteiger partial charge in [0.25, 0.3) is 11.6 Å². The van der Waals surface area contributed by atoms with Crippen LogP contribution in [0.3, 0.4) is 0 Å². The van der Waals surface area contributed by atoms with Gasteiger partial charge in [0.1, 0.15) is 0 Å². The number of hydrogen-bond acceptors (Lipinski definition) is 5. The number of nitrogens with zero attached hydrogens (tertiary/aromatic N) is 1. The summed E-state index contributed by atoms with van der Waals surface area (Å²) in [6, 6.07) is 5.48. The van der Waals surface area contributed by atoms with Crippen LogP contribution in [0.5, 0.6) is 0 Å². The normalized spacial score (nSPS) is 24.6. The number of esters is 1. The van der Waals surface area contributed by atoms with Crippen molar-refractivity contribution in [1.29, 1.82) is 0 Å². The minimum Gasteiger partial charge on any atom is -0.456 e. The smallest absolute Gasteiger partial charge is 0.306 e. The van der Waals surface area contributed by atoms with Crippen molar-refractivity contribution in [2.24, 2.45) is 17.8 Å². The average Bonchev–Trinajstić information content (AvgIpc) is 3.16. The zero-order valence-electron chi connectivity index (χ0n) is 13.3. The fraction of sp³-hybridized carbons (Fsp3) is 0.529. The van der Waals surface area contributed by atoms with E-state index in [0.717, 1.165) is 12.3 Å². The third kappa shape index (κ3) is 3.90. The Labute approximate surface area is 139 Å². The summed E-state index contributed by atoms with van der Waals surface area (Å²) in [4.78, 5) is 33.7. The Kier molecular flexibility index (Phi) is 4.78. The Morgan fingerprint density at radius 3 is 2.54 bits per heavy atom. The number of carbonyl (C=O) groups is 2. The molecule has 3 unspecified atom stereocenters. The second-order valence-corrected chi connectivity index (χ2v) is 6.65. The number of anilines is 1. The van der Waals surface area contributed by atoms with Crippen LogP contribution in [0.1, 0.15) is 32.1 Å². The van der Waals surface area contributed by atoms with Crippen LogP contribution in [-0.2, 0) is 14.3 Å². The van der Waals surface area contributed by atoms with Crippen LogP contribution in [0.4, 0.5) is 11.4 Å². The van der Waals surface area contributed by atoms with Crippen LogP contribution in [0.25, 0.3) is 0 Å². The van der Waals surface area contributed by atoms with Gasteiger partial charge in [-0.15, -0.1) is 0 Å². The SMILES string of the molecule is O=C(COC(=O)CC1CC2CCC1C2)Nc1ccc([N+](=O)[O-])cc1. The predicted octanol–water partition coefficient (Wildman–Crippen LogP) is 2.90. The number of rotatable bonds is 6. The number of nitro benzene ring substituents is 1. The largest absolute Gasteiger partial charge is 0.456 e. The molecule has 2 aliphatic carbocycles. The molecule has 2 fully saturated rings. The molecule has 1 aromatic rings. The Balaban J connectivity index is 1.40. The first-order chi connectivity index (χ1) is 11.5. The van der Waals surface area contributed by atoms with Crippen molar-refractivity contribution in [3.8, 4) is 0 Å². The lowest BCUT2D eigenvalue weighted by molar-refractivity contribution is -0.384. The molecule has 128 valence electrons. The molecular formula is C17H20N2O5. The van der Waals surface area contributed by atoms with E-state index in [-0.39, 0.29) is 18.3 Å². The van der Waals surface area contributed by atoms with Crippen LogP contribution in [-0.4, -0.2) is 23.4 Å². The predicted molar refractivity (Wildman–Crippen MR) is 86.2 cm³/mol. The van der Waals surface area contributed by atoms with E-state index in [0.29, 0.717) is 23.9 Å². The van der Waals surface area contributed by atoms with E-state index in [4.69, 9.17) is 4.74 Å². The summed E-state index contributed by atoms with van der Waals surface area (Å²) in [5.41, 5.74) is 0.375. The lowest BCUT2D eigenvalue weighted by Gasteiger charge is -2.20. The summed E-state index contributed by atoms with van der Waals surface area (Å²) in [5, 5.41) is 13.1. The third-order valence-corrected chi connectivity index (χ3v) is 5.04. The molecule has 0 spiro atoms. The van der Waals surface area contributed by atoms with Crippen molar-refractivity contribution in [3.05, 3.63) is 34.4 Å². The quantitative estimate of drug-likeness (QED) is 0.490. The lowest BCUT2D eigenvalue weighted by Crippen LogP contribution is -2.23. The molecule has 0 radical (unpaired) electrons. The Morgan fingerprint density at radius 1 is 1.21 bits per heavy atom. The van der Waals surface area contributed by atoms with Crippen molar-refractivity contribution in [2.45, 2.75) is 32.1 Å². The molecule has 1 N–H and O–H groups in total. The number of benzene rings is 1. The fourth-order valence-corrected chi connectivity index (χ4v) is 3.91. The number of nitrogens with one attached hydrogen (secondary N) is 1. The fourth-order valence-electron chi connectivity index (χ4n) is 3.91. The van der Waals surface area contributed by atoms with Crippen LogP contribution in [0, 0.1) is 27.9 Å². The standard InChI is InChI=1S/C17H20N2O5/c20-16(18-14-3-5-15(6-4-14)19(22)23)10-24-17(21)9-13-8-11-1-2-12(13)7-11/h3-6,11-13H,1-2,7-10H2,(H,18,20). The molecule has 1 aromatic carbocycles. The van der Waals surface area contributed by atoms with Crippen molar-refractivity contribution >= 4 is 23.3 Å². The highest BCUT2D eigenvalue weighted by Gasteiger charge is 2.40. The molecule has 24 heavy (non-hydrogen) atoms. The maximum atomic E-state index is 11.9. The van der Waals surface area contributed by atoms with E-state index in [1.54, 1.807) is 0 Å². The molecule has 7 heteroatoms. The van der Waals surface area contributed by atoms with Crippen molar-refractivity contribution in [3.63, 3.8) is 0 Å². The van der Waals surface area contributed by atoms with Crippen molar-refractivity contribution in [2.75, 3.05) is 11.9 Å². The van der Waals surface area contributed by atoms with E-state index >= 15 is 0 Å². The molecule has 0 aliphatic heterocycles. The zero-order chi connectivity index (χ0) is 17.1. The molecule has 0 aromatic heterocycles. The molecule has 3 atom stereocenters. The topological polar surface area (TPSA) is 98.5 Å². The van der Waals surface area contributed by atoms with Gasteiger partial charge in [0.05, 0.1) is 4.92 Å². The van der Waals surface area contributed by atoms with Gasteiger partial charge in [0.2, 0.25) is 0 Å². The summed E-state index contributed by atoms with van der Waals surface area (Å²) >= 11 is 0. The van der Waals surface area contributed by atoms with Gasteiger partial charge < -0.3 is 10.1 Å². The summed E-state index contributed by atoms with van der Waals surface area (Å²) in [5.74, 6) is 1.06. The van der Waals surface area contributed by atoms with Gasteiger partial charge in [-0.05, 0) is 49.1 Å². The molecule has 3 rings (SSSR count). The van der Waals surface area contributed by atoms with Gasteiger partial charge in [0, 0.05) is 24.2 Å². The highest BCUT2D eigenvalue weighted by molar-refractivity contribution is 5.92. The summed E-state index contributed by atoms with van der Waals surface area (Å²) in [7, 11) is 0. The number of non-ortho nitro benzene ring substituents is 1. The number of carbonyl (C=O) groups excluding carboxylic acids is 2.